The van der Waals surface area contributed by atoms with Gasteiger partial charge in [0.05, 0.1) is 0 Å². The van der Waals surface area contributed by atoms with Gasteiger partial charge >= 0.3 is 0 Å². The number of hydrogen-bond acceptors (Lipinski definition) is 2. The summed E-state index contributed by atoms with van der Waals surface area (Å²) in [4.78, 5) is 2.54. The lowest BCUT2D eigenvalue weighted by molar-refractivity contribution is 0.138. The molecule has 1 heterocycles. The normalized spacial score (nSPS) is 26.1. The first-order chi connectivity index (χ1) is 8.06. The minimum atomic E-state index is 0.582. The van der Waals surface area contributed by atoms with Crippen LogP contribution in [0.4, 0.5) is 0 Å². The van der Waals surface area contributed by atoms with Crippen molar-refractivity contribution in [1.82, 2.24) is 10.2 Å². The van der Waals surface area contributed by atoms with Crippen molar-refractivity contribution < 1.29 is 0 Å². The molecule has 2 atom stereocenters. The van der Waals surface area contributed by atoms with Crippen LogP contribution in [0.5, 0.6) is 0 Å². The summed E-state index contributed by atoms with van der Waals surface area (Å²) in [7, 11) is 0. The van der Waals surface area contributed by atoms with Gasteiger partial charge in [-0.1, -0.05) is 17.7 Å². The maximum atomic E-state index is 5.99. The predicted octanol–water partition coefficient (Wildman–Crippen LogP) is 2.83. The van der Waals surface area contributed by atoms with Crippen LogP contribution in [0.15, 0.2) is 18.2 Å². The minimum Gasteiger partial charge on any atom is -0.311 e. The smallest absolute Gasteiger partial charge is 0.0408 e. The van der Waals surface area contributed by atoms with Gasteiger partial charge < -0.3 is 5.32 Å². The van der Waals surface area contributed by atoms with Crippen LogP contribution in [0.25, 0.3) is 0 Å². The van der Waals surface area contributed by atoms with Gasteiger partial charge in [-0.05, 0) is 44.0 Å². The molecule has 1 aliphatic heterocycles. The van der Waals surface area contributed by atoms with Gasteiger partial charge in [-0.15, -0.1) is 0 Å². The molecule has 3 heteroatoms. The summed E-state index contributed by atoms with van der Waals surface area (Å²) in [5, 5.41) is 4.34. The molecule has 1 aromatic carbocycles. The maximum Gasteiger partial charge on any atom is 0.0408 e. The quantitative estimate of drug-likeness (QED) is 0.871. The number of rotatable bonds is 2. The van der Waals surface area contributed by atoms with E-state index in [-0.39, 0.29) is 0 Å². The summed E-state index contributed by atoms with van der Waals surface area (Å²) in [6, 6.07) is 7.37. The van der Waals surface area contributed by atoms with E-state index in [0.29, 0.717) is 12.1 Å². The highest BCUT2D eigenvalue weighted by atomic mass is 35.5. The van der Waals surface area contributed by atoms with E-state index >= 15 is 0 Å². The topological polar surface area (TPSA) is 15.3 Å². The number of hydrogen-bond donors (Lipinski definition) is 1. The Labute approximate surface area is 109 Å². The second-order valence-corrected chi connectivity index (χ2v) is 5.60. The van der Waals surface area contributed by atoms with Crippen LogP contribution in [-0.4, -0.2) is 30.1 Å². The monoisotopic (exact) mass is 252 g/mol. The molecule has 1 fully saturated rings. The molecule has 0 spiro atoms. The van der Waals surface area contributed by atoms with Gasteiger partial charge in [0.25, 0.3) is 0 Å². The van der Waals surface area contributed by atoms with E-state index in [0.717, 1.165) is 24.7 Å². The molecule has 1 aliphatic rings. The zero-order valence-electron chi connectivity index (χ0n) is 10.8. The van der Waals surface area contributed by atoms with E-state index in [1.807, 2.05) is 12.1 Å². The van der Waals surface area contributed by atoms with Crippen LogP contribution >= 0.6 is 11.6 Å². The van der Waals surface area contributed by atoms with Crippen molar-refractivity contribution in [3.8, 4) is 0 Å². The Hall–Kier alpha value is -0.570. The Kier molecular flexibility index (Phi) is 4.08. The van der Waals surface area contributed by atoms with Crippen molar-refractivity contribution in [3.05, 3.63) is 34.3 Å². The SMILES string of the molecule is Cc1cc(Cl)ccc1CN1CC(C)NCC1C. The lowest BCUT2D eigenvalue weighted by Gasteiger charge is -2.37. The molecule has 2 nitrogen and oxygen atoms in total. The third-order valence-electron chi connectivity index (χ3n) is 3.57. The number of nitrogens with one attached hydrogen (secondary N) is 1. The lowest BCUT2D eigenvalue weighted by atomic mass is 10.1. The van der Waals surface area contributed by atoms with Crippen LogP contribution in [0.2, 0.25) is 5.02 Å². The Morgan fingerprint density at radius 3 is 2.88 bits per heavy atom. The highest BCUT2D eigenvalue weighted by molar-refractivity contribution is 6.30. The van der Waals surface area contributed by atoms with Crippen LogP contribution in [-0.2, 0) is 6.54 Å². The molecule has 1 aromatic rings. The number of benzene rings is 1. The fourth-order valence-electron chi connectivity index (χ4n) is 2.37. The van der Waals surface area contributed by atoms with Crippen molar-refractivity contribution >= 4 is 11.6 Å². The fourth-order valence-corrected chi connectivity index (χ4v) is 2.60. The molecule has 1 N–H and O–H groups in total. The molecule has 0 bridgehead atoms. The molecule has 1 saturated heterocycles. The van der Waals surface area contributed by atoms with Crippen molar-refractivity contribution in [2.24, 2.45) is 0 Å². The second kappa shape index (κ2) is 5.38. The summed E-state index contributed by atoms with van der Waals surface area (Å²) in [6.45, 7) is 9.88. The predicted molar refractivity (Wildman–Crippen MR) is 73.5 cm³/mol. The van der Waals surface area contributed by atoms with Crippen LogP contribution in [0, 0.1) is 6.92 Å². The molecule has 0 saturated carbocycles. The third-order valence-corrected chi connectivity index (χ3v) is 3.81. The molecule has 0 amide bonds. The Morgan fingerprint density at radius 2 is 2.18 bits per heavy atom. The number of halogens is 1. The van der Waals surface area contributed by atoms with Crippen LogP contribution in [0.3, 0.4) is 0 Å². The second-order valence-electron chi connectivity index (χ2n) is 5.16. The first kappa shape index (κ1) is 12.9. The standard InChI is InChI=1S/C14H21ClN2/c1-10-6-14(15)5-4-13(10)9-17-8-11(2)16-7-12(17)3/h4-6,11-12,16H,7-9H2,1-3H3. The number of aryl methyl sites for hydroxylation is 1. The van der Waals surface area contributed by atoms with E-state index < -0.39 is 0 Å². The maximum absolute atomic E-state index is 5.99. The van der Waals surface area contributed by atoms with E-state index in [2.05, 4.69) is 37.1 Å². The summed E-state index contributed by atoms with van der Waals surface area (Å²) >= 11 is 5.99. The number of piperazine rings is 1. The third kappa shape index (κ3) is 3.21. The van der Waals surface area contributed by atoms with Crippen molar-refractivity contribution in [2.45, 2.75) is 39.4 Å². The fraction of sp³-hybridized carbons (Fsp3) is 0.571. The Bertz CT molecular complexity index is 392. The van der Waals surface area contributed by atoms with Gasteiger partial charge in [-0.25, -0.2) is 0 Å². The summed E-state index contributed by atoms with van der Waals surface area (Å²) in [5.74, 6) is 0. The molecule has 17 heavy (non-hydrogen) atoms. The zero-order chi connectivity index (χ0) is 12.4. The Morgan fingerprint density at radius 1 is 1.41 bits per heavy atom. The molecule has 0 aromatic heterocycles. The van der Waals surface area contributed by atoms with E-state index in [1.165, 1.54) is 11.1 Å². The van der Waals surface area contributed by atoms with Gasteiger partial charge in [0, 0.05) is 36.7 Å². The molecular formula is C14H21ClN2. The molecule has 94 valence electrons. The van der Waals surface area contributed by atoms with Gasteiger partial charge in [0.15, 0.2) is 0 Å². The lowest BCUT2D eigenvalue weighted by Crippen LogP contribution is -2.53. The molecular weight excluding hydrogens is 232 g/mol. The highest BCUT2D eigenvalue weighted by Crippen LogP contribution is 2.19. The van der Waals surface area contributed by atoms with Crippen molar-refractivity contribution in [2.75, 3.05) is 13.1 Å². The van der Waals surface area contributed by atoms with Gasteiger partial charge in [-0.3, -0.25) is 4.90 Å². The average molecular weight is 253 g/mol. The summed E-state index contributed by atoms with van der Waals surface area (Å²) < 4.78 is 0. The summed E-state index contributed by atoms with van der Waals surface area (Å²) in [5.41, 5.74) is 2.67. The van der Waals surface area contributed by atoms with E-state index in [4.69, 9.17) is 11.6 Å². The minimum absolute atomic E-state index is 0.582. The molecule has 0 radical (unpaired) electrons. The first-order valence-corrected chi connectivity index (χ1v) is 6.66. The Balaban J connectivity index is 2.08. The first-order valence-electron chi connectivity index (χ1n) is 6.28. The van der Waals surface area contributed by atoms with Crippen LogP contribution in [0.1, 0.15) is 25.0 Å². The highest BCUT2D eigenvalue weighted by Gasteiger charge is 2.22. The summed E-state index contributed by atoms with van der Waals surface area (Å²) in [6.07, 6.45) is 0. The molecule has 2 unspecified atom stereocenters. The van der Waals surface area contributed by atoms with Crippen molar-refractivity contribution in [3.63, 3.8) is 0 Å². The van der Waals surface area contributed by atoms with Gasteiger partial charge in [-0.2, -0.15) is 0 Å². The number of nitrogens with zero attached hydrogens (tertiary/aromatic N) is 1. The molecule has 0 aliphatic carbocycles. The van der Waals surface area contributed by atoms with Gasteiger partial charge in [0.2, 0.25) is 0 Å². The zero-order valence-corrected chi connectivity index (χ0v) is 11.6. The molecule has 2 rings (SSSR count). The average Bonchev–Trinajstić information content (AvgIpc) is 2.27. The van der Waals surface area contributed by atoms with Crippen LogP contribution < -0.4 is 5.32 Å². The van der Waals surface area contributed by atoms with E-state index in [1.54, 1.807) is 0 Å². The van der Waals surface area contributed by atoms with E-state index in [9.17, 15) is 0 Å². The van der Waals surface area contributed by atoms with Gasteiger partial charge in [0.1, 0.15) is 0 Å². The van der Waals surface area contributed by atoms with Crippen molar-refractivity contribution in [1.29, 1.82) is 0 Å². The largest absolute Gasteiger partial charge is 0.311 e.